The maximum atomic E-state index is 15.2. The van der Waals surface area contributed by atoms with E-state index in [2.05, 4.69) is 10.3 Å². The molecule has 2 N–H and O–H groups in total. The Morgan fingerprint density at radius 1 is 1.09 bits per heavy atom. The van der Waals surface area contributed by atoms with Crippen molar-refractivity contribution in [1.29, 1.82) is 0 Å². The minimum atomic E-state index is -1.37. The van der Waals surface area contributed by atoms with Crippen molar-refractivity contribution in [2.24, 2.45) is 0 Å². The van der Waals surface area contributed by atoms with Crippen molar-refractivity contribution < 1.29 is 14.0 Å². The molecule has 4 rings (SSSR count). The normalized spacial score (nSPS) is 17.2. The molecule has 0 saturated carbocycles. The highest BCUT2D eigenvalue weighted by Crippen LogP contribution is 2.27. The van der Waals surface area contributed by atoms with Crippen LogP contribution in [0.25, 0.3) is 11.0 Å². The Morgan fingerprint density at radius 2 is 1.75 bits per heavy atom. The number of rotatable bonds is 7. The van der Waals surface area contributed by atoms with Gasteiger partial charge in [0.15, 0.2) is 12.1 Å². The second-order valence-electron chi connectivity index (χ2n) is 8.24. The van der Waals surface area contributed by atoms with Crippen LogP contribution in [0.1, 0.15) is 42.6 Å². The first-order valence-corrected chi connectivity index (χ1v) is 10.9. The average Bonchev–Trinajstić information content (AvgIpc) is 3.14. The molecule has 1 saturated heterocycles. The van der Waals surface area contributed by atoms with Gasteiger partial charge in [-0.15, -0.1) is 0 Å². The largest absolute Gasteiger partial charge is 0.346 e. The number of likely N-dealkylation sites (tertiary alicyclic amines) is 1. The van der Waals surface area contributed by atoms with Crippen molar-refractivity contribution in [3.05, 3.63) is 70.6 Å². The molecule has 8 heteroatoms. The first-order valence-electron chi connectivity index (χ1n) is 10.9. The molecule has 2 atom stereocenters. The van der Waals surface area contributed by atoms with Gasteiger partial charge in [0, 0.05) is 38.0 Å². The Labute approximate surface area is 185 Å². The van der Waals surface area contributed by atoms with Crippen molar-refractivity contribution in [3.8, 4) is 0 Å². The number of nitrogens with one attached hydrogen (secondary N) is 2. The summed E-state index contributed by atoms with van der Waals surface area (Å²) < 4.78 is 17.0. The van der Waals surface area contributed by atoms with Crippen molar-refractivity contribution in [3.63, 3.8) is 0 Å². The molecule has 168 valence electrons. The van der Waals surface area contributed by atoms with Crippen LogP contribution in [-0.2, 0) is 4.79 Å². The van der Waals surface area contributed by atoms with Crippen LogP contribution in [-0.4, -0.2) is 51.6 Å². The van der Waals surface area contributed by atoms with E-state index < -0.39 is 12.3 Å². The predicted octanol–water partition coefficient (Wildman–Crippen LogP) is 3.04. The van der Waals surface area contributed by atoms with E-state index in [1.165, 1.54) is 6.92 Å². The van der Waals surface area contributed by atoms with E-state index in [4.69, 9.17) is 0 Å². The average molecular weight is 439 g/mol. The molecule has 0 aliphatic carbocycles. The molecule has 3 aromatic rings. The molecule has 1 fully saturated rings. The maximum Gasteiger partial charge on any atom is 0.326 e. The lowest BCUT2D eigenvalue weighted by Crippen LogP contribution is -2.47. The number of ketones is 1. The monoisotopic (exact) mass is 438 g/mol. The zero-order valence-corrected chi connectivity index (χ0v) is 18.0. The van der Waals surface area contributed by atoms with Gasteiger partial charge in [-0.2, -0.15) is 0 Å². The Balaban J connectivity index is 1.42. The second kappa shape index (κ2) is 9.48. The van der Waals surface area contributed by atoms with Crippen LogP contribution in [0.3, 0.4) is 0 Å². The van der Waals surface area contributed by atoms with Gasteiger partial charge < -0.3 is 10.3 Å². The number of imidazole rings is 1. The summed E-state index contributed by atoms with van der Waals surface area (Å²) in [6.45, 7) is 2.25. The highest BCUT2D eigenvalue weighted by atomic mass is 19.1. The van der Waals surface area contributed by atoms with E-state index in [0.717, 1.165) is 11.0 Å². The van der Waals surface area contributed by atoms with Crippen LogP contribution >= 0.6 is 0 Å². The van der Waals surface area contributed by atoms with Crippen LogP contribution in [0.4, 0.5) is 4.39 Å². The molecule has 2 heterocycles. The van der Waals surface area contributed by atoms with Gasteiger partial charge in [0.1, 0.15) is 0 Å². The molecule has 1 amide bonds. The van der Waals surface area contributed by atoms with Gasteiger partial charge in [0.2, 0.25) is 5.91 Å². The molecule has 1 aromatic heterocycles. The van der Waals surface area contributed by atoms with E-state index in [0.29, 0.717) is 31.5 Å². The summed E-state index contributed by atoms with van der Waals surface area (Å²) in [5.41, 5.74) is 1.93. The predicted molar refractivity (Wildman–Crippen MR) is 120 cm³/mol. The number of nitrogens with zero attached hydrogens (tertiary/aromatic N) is 2. The molecule has 0 radical (unpaired) electrons. The van der Waals surface area contributed by atoms with E-state index in [1.54, 1.807) is 39.8 Å². The molecule has 2 aromatic carbocycles. The van der Waals surface area contributed by atoms with Gasteiger partial charge in [-0.3, -0.25) is 19.1 Å². The first-order chi connectivity index (χ1) is 15.4. The Hall–Kier alpha value is -3.26. The molecular weight excluding hydrogens is 411 g/mol. The molecule has 1 aliphatic heterocycles. The fraction of sp³-hybridized carbons (Fsp3) is 0.375. The third-order valence-electron chi connectivity index (χ3n) is 6.07. The lowest BCUT2D eigenvalue weighted by Gasteiger charge is -2.35. The lowest BCUT2D eigenvalue weighted by molar-refractivity contribution is -0.119. The summed E-state index contributed by atoms with van der Waals surface area (Å²) in [5, 5.41) is 2.60. The zero-order valence-electron chi connectivity index (χ0n) is 18.0. The van der Waals surface area contributed by atoms with Gasteiger partial charge in [-0.25, -0.2) is 9.18 Å². The smallest absolute Gasteiger partial charge is 0.326 e. The van der Waals surface area contributed by atoms with Crippen molar-refractivity contribution in [2.45, 2.75) is 44.6 Å². The summed E-state index contributed by atoms with van der Waals surface area (Å²) >= 11 is 0. The van der Waals surface area contributed by atoms with E-state index in [1.807, 2.05) is 24.3 Å². The Bertz CT molecular complexity index is 1150. The van der Waals surface area contributed by atoms with E-state index in [-0.39, 0.29) is 29.8 Å². The van der Waals surface area contributed by atoms with E-state index in [9.17, 15) is 14.4 Å². The number of carbonyl (C=O) groups is 2. The molecule has 7 nitrogen and oxygen atoms in total. The number of carbonyl (C=O) groups excluding carboxylic acids is 2. The number of hydrogen-bond donors (Lipinski definition) is 2. The van der Waals surface area contributed by atoms with Gasteiger partial charge in [-0.05, 0) is 25.0 Å². The van der Waals surface area contributed by atoms with Crippen molar-refractivity contribution in [1.82, 2.24) is 19.8 Å². The molecule has 0 bridgehead atoms. The summed E-state index contributed by atoms with van der Waals surface area (Å²) in [5.74, 6) is -0.674. The molecule has 2 unspecified atom stereocenters. The van der Waals surface area contributed by atoms with Crippen molar-refractivity contribution in [2.75, 3.05) is 13.1 Å². The summed E-state index contributed by atoms with van der Waals surface area (Å²) in [6, 6.07) is 15.2. The summed E-state index contributed by atoms with van der Waals surface area (Å²) in [7, 11) is 0. The molecular formula is C24H27FN4O3. The fourth-order valence-corrected chi connectivity index (χ4v) is 4.48. The zero-order chi connectivity index (χ0) is 22.7. The number of para-hydroxylation sites is 2. The van der Waals surface area contributed by atoms with Crippen LogP contribution < -0.4 is 11.0 Å². The number of benzene rings is 2. The molecule has 32 heavy (non-hydrogen) atoms. The fourth-order valence-electron chi connectivity index (χ4n) is 4.48. The number of alkyl halides is 1. The van der Waals surface area contributed by atoms with Crippen LogP contribution in [0.2, 0.25) is 0 Å². The first kappa shape index (κ1) is 22.0. The van der Waals surface area contributed by atoms with Gasteiger partial charge in [0.05, 0.1) is 17.1 Å². The van der Waals surface area contributed by atoms with Gasteiger partial charge in [-0.1, -0.05) is 42.5 Å². The summed E-state index contributed by atoms with van der Waals surface area (Å²) in [4.78, 5) is 41.5. The number of aromatic amines is 1. The lowest BCUT2D eigenvalue weighted by atomic mass is 9.99. The maximum absolute atomic E-state index is 15.2. The number of halogens is 1. The third-order valence-corrected chi connectivity index (χ3v) is 6.07. The standard InChI is InChI=1S/C24H27FN4O3/c1-16(30)26-20(23(31)17-7-3-2-4-8-17)15-22(25)28-13-11-18(12-14-28)29-21-10-6-5-9-19(21)27-24(29)32/h2-10,18,20,22H,11-15H2,1H3,(H,26,30)(H,27,32). The van der Waals surface area contributed by atoms with Crippen LogP contribution in [0.5, 0.6) is 0 Å². The topological polar surface area (TPSA) is 87.2 Å². The SMILES string of the molecule is CC(=O)NC(CC(F)N1CCC(n2c(=O)[nH]c3ccccc32)CC1)C(=O)c1ccccc1. The number of amides is 1. The number of H-pyrrole nitrogens is 1. The Kier molecular flexibility index (Phi) is 6.50. The molecule has 0 spiro atoms. The van der Waals surface area contributed by atoms with Gasteiger partial charge in [0.25, 0.3) is 0 Å². The molecule has 1 aliphatic rings. The third kappa shape index (κ3) is 4.65. The highest BCUT2D eigenvalue weighted by Gasteiger charge is 2.31. The van der Waals surface area contributed by atoms with E-state index >= 15 is 4.39 Å². The quantitative estimate of drug-likeness (QED) is 0.439. The highest BCUT2D eigenvalue weighted by molar-refractivity contribution is 6.01. The number of fused-ring (bicyclic) bond motifs is 1. The number of aromatic nitrogens is 2. The van der Waals surface area contributed by atoms with Gasteiger partial charge >= 0.3 is 5.69 Å². The number of Topliss-reactive ketones (excluding diaryl/α,β-unsaturated/α-hetero) is 1. The number of piperidine rings is 1. The second-order valence-corrected chi connectivity index (χ2v) is 8.24. The minimum absolute atomic E-state index is 0.0146. The number of hydrogen-bond acceptors (Lipinski definition) is 4. The summed E-state index contributed by atoms with van der Waals surface area (Å²) in [6.07, 6.45) is -0.246. The van der Waals surface area contributed by atoms with Crippen molar-refractivity contribution >= 4 is 22.7 Å². The minimum Gasteiger partial charge on any atom is -0.346 e. The Morgan fingerprint density at radius 3 is 2.44 bits per heavy atom. The van der Waals surface area contributed by atoms with Crippen LogP contribution in [0, 0.1) is 0 Å². The van der Waals surface area contributed by atoms with Crippen LogP contribution in [0.15, 0.2) is 59.4 Å².